The van der Waals surface area contributed by atoms with Crippen LogP contribution in [0.15, 0.2) is 24.3 Å². The van der Waals surface area contributed by atoms with Gasteiger partial charge in [-0.25, -0.2) is 8.42 Å². The van der Waals surface area contributed by atoms with Crippen LogP contribution in [0.25, 0.3) is 0 Å². The molecule has 0 bridgehead atoms. The molecule has 0 spiro atoms. The number of sulfone groups is 1. The van der Waals surface area contributed by atoms with E-state index in [4.69, 9.17) is 0 Å². The number of anilines is 1. The smallest absolute Gasteiger partial charge is 0.292 e. The molecule has 7 heteroatoms. The Hall–Kier alpha value is -1.63. The molecule has 20 heavy (non-hydrogen) atoms. The fraction of sp³-hybridized carbons (Fsp3) is 0.538. The van der Waals surface area contributed by atoms with Gasteiger partial charge in [-0.2, -0.15) is 0 Å². The fourth-order valence-electron chi connectivity index (χ4n) is 2.64. The monoisotopic (exact) mass is 298 g/mol. The number of hydrogen-bond donors (Lipinski definition) is 1. The summed E-state index contributed by atoms with van der Waals surface area (Å²) in [6, 6.07) is 6.40. The zero-order valence-corrected chi connectivity index (χ0v) is 12.1. The van der Waals surface area contributed by atoms with Crippen molar-refractivity contribution >= 4 is 21.2 Å². The van der Waals surface area contributed by atoms with Crippen molar-refractivity contribution < 1.29 is 13.3 Å². The molecule has 1 aliphatic rings. The van der Waals surface area contributed by atoms with Gasteiger partial charge in [0, 0.05) is 18.4 Å². The minimum Gasteiger partial charge on any atom is -0.377 e. The molecule has 1 fully saturated rings. The molecule has 0 heterocycles. The lowest BCUT2D eigenvalue weighted by Gasteiger charge is -2.29. The molecule has 0 aliphatic heterocycles. The quantitative estimate of drug-likeness (QED) is 0.681. The van der Waals surface area contributed by atoms with Gasteiger partial charge in [-0.05, 0) is 25.3 Å². The maximum atomic E-state index is 11.6. The van der Waals surface area contributed by atoms with Gasteiger partial charge < -0.3 is 5.32 Å². The summed E-state index contributed by atoms with van der Waals surface area (Å²) in [5, 5.41) is 13.7. The second kappa shape index (κ2) is 5.78. The second-order valence-electron chi connectivity index (χ2n) is 5.23. The van der Waals surface area contributed by atoms with Crippen LogP contribution in [0.4, 0.5) is 11.4 Å². The topological polar surface area (TPSA) is 89.3 Å². The Morgan fingerprint density at radius 1 is 1.30 bits per heavy atom. The van der Waals surface area contributed by atoms with Crippen LogP contribution < -0.4 is 5.32 Å². The number of rotatable bonds is 4. The van der Waals surface area contributed by atoms with Crippen molar-refractivity contribution in [2.24, 2.45) is 0 Å². The van der Waals surface area contributed by atoms with Crippen molar-refractivity contribution in [1.29, 1.82) is 0 Å². The van der Waals surface area contributed by atoms with Gasteiger partial charge in [-0.1, -0.05) is 18.6 Å². The molecule has 110 valence electrons. The average Bonchev–Trinajstić information content (AvgIpc) is 2.38. The van der Waals surface area contributed by atoms with E-state index in [9.17, 15) is 18.5 Å². The first-order valence-electron chi connectivity index (χ1n) is 6.57. The highest BCUT2D eigenvalue weighted by Crippen LogP contribution is 2.30. The van der Waals surface area contributed by atoms with Crippen LogP contribution >= 0.6 is 0 Å². The van der Waals surface area contributed by atoms with E-state index in [-0.39, 0.29) is 17.0 Å². The summed E-state index contributed by atoms with van der Waals surface area (Å²) in [6.07, 6.45) is 4.08. The summed E-state index contributed by atoms with van der Waals surface area (Å²) in [7, 11) is -3.05. The molecular formula is C13H18N2O4S. The van der Waals surface area contributed by atoms with Crippen molar-refractivity contribution in [2.45, 2.75) is 37.0 Å². The van der Waals surface area contributed by atoms with Gasteiger partial charge in [0.2, 0.25) is 0 Å². The molecule has 0 saturated heterocycles. The van der Waals surface area contributed by atoms with Crippen molar-refractivity contribution in [1.82, 2.24) is 0 Å². The van der Waals surface area contributed by atoms with E-state index in [1.165, 1.54) is 12.3 Å². The Labute approximate surface area is 118 Å². The van der Waals surface area contributed by atoms with Crippen LogP contribution in [-0.2, 0) is 9.84 Å². The molecule has 1 aromatic rings. The summed E-state index contributed by atoms with van der Waals surface area (Å²) >= 11 is 0. The van der Waals surface area contributed by atoms with Crippen molar-refractivity contribution in [3.05, 3.63) is 34.4 Å². The van der Waals surface area contributed by atoms with Gasteiger partial charge in [0.05, 0.1) is 10.2 Å². The Bertz CT molecular complexity index is 600. The number of hydrogen-bond acceptors (Lipinski definition) is 5. The lowest BCUT2D eigenvalue weighted by Crippen LogP contribution is -2.34. The third-order valence-corrected chi connectivity index (χ3v) is 5.33. The highest BCUT2D eigenvalue weighted by atomic mass is 32.2. The fourth-order valence-corrected chi connectivity index (χ4v) is 3.82. The molecule has 2 unspecified atom stereocenters. The predicted octanol–water partition coefficient (Wildman–Crippen LogP) is 2.36. The van der Waals surface area contributed by atoms with Gasteiger partial charge in [0.1, 0.15) is 15.5 Å². The normalized spacial score (nSPS) is 23.2. The first-order valence-corrected chi connectivity index (χ1v) is 8.52. The van der Waals surface area contributed by atoms with E-state index in [1.54, 1.807) is 18.2 Å². The van der Waals surface area contributed by atoms with E-state index in [0.717, 1.165) is 12.8 Å². The zero-order chi connectivity index (χ0) is 14.8. The van der Waals surface area contributed by atoms with Crippen LogP contribution in [0, 0.1) is 10.1 Å². The van der Waals surface area contributed by atoms with E-state index < -0.39 is 14.8 Å². The van der Waals surface area contributed by atoms with Gasteiger partial charge in [0.15, 0.2) is 0 Å². The summed E-state index contributed by atoms with van der Waals surface area (Å²) in [5.74, 6) is 0. The average molecular weight is 298 g/mol. The molecule has 0 aromatic heterocycles. The van der Waals surface area contributed by atoms with E-state index >= 15 is 0 Å². The number of benzene rings is 1. The molecule has 2 rings (SSSR count). The predicted molar refractivity (Wildman–Crippen MR) is 77.6 cm³/mol. The molecule has 2 atom stereocenters. The minimum absolute atomic E-state index is 0.0222. The van der Waals surface area contributed by atoms with Crippen molar-refractivity contribution in [2.75, 3.05) is 11.6 Å². The van der Waals surface area contributed by atoms with Crippen LogP contribution in [0.1, 0.15) is 25.7 Å². The lowest BCUT2D eigenvalue weighted by molar-refractivity contribution is -0.384. The zero-order valence-electron chi connectivity index (χ0n) is 11.3. The highest BCUT2D eigenvalue weighted by molar-refractivity contribution is 7.91. The third kappa shape index (κ3) is 3.47. The standard InChI is InChI=1S/C13H18N2O4S/c1-20(18,19)11-6-4-5-10(9-11)14-12-7-2-3-8-13(12)15(16)17/h2-3,7-8,10-11,14H,4-6,9H2,1H3. The largest absolute Gasteiger partial charge is 0.377 e. The number of nitro groups is 1. The molecular weight excluding hydrogens is 280 g/mol. The summed E-state index contributed by atoms with van der Waals surface area (Å²) in [6.45, 7) is 0. The number of nitrogens with zero attached hydrogens (tertiary/aromatic N) is 1. The molecule has 6 nitrogen and oxygen atoms in total. The lowest BCUT2D eigenvalue weighted by atomic mass is 9.94. The van der Waals surface area contributed by atoms with Crippen LogP contribution in [0.3, 0.4) is 0 Å². The number of nitro benzene ring substituents is 1. The molecule has 1 N–H and O–H groups in total. The molecule has 1 aromatic carbocycles. The Morgan fingerprint density at radius 2 is 2.00 bits per heavy atom. The maximum absolute atomic E-state index is 11.6. The number of nitrogens with one attached hydrogen (secondary N) is 1. The van der Waals surface area contributed by atoms with Crippen molar-refractivity contribution in [3.8, 4) is 0 Å². The summed E-state index contributed by atoms with van der Waals surface area (Å²) in [5.41, 5.74) is 0.477. The Balaban J connectivity index is 2.12. The Morgan fingerprint density at radius 3 is 2.65 bits per heavy atom. The SMILES string of the molecule is CS(=O)(=O)C1CCCC(Nc2ccccc2[N+](=O)[O-])C1. The van der Waals surface area contributed by atoms with Crippen LogP contribution in [0.2, 0.25) is 0 Å². The minimum atomic E-state index is -3.05. The first kappa shape index (κ1) is 14.8. The highest BCUT2D eigenvalue weighted by Gasteiger charge is 2.29. The van der Waals surface area contributed by atoms with Crippen molar-refractivity contribution in [3.63, 3.8) is 0 Å². The second-order valence-corrected chi connectivity index (χ2v) is 7.56. The first-order chi connectivity index (χ1) is 9.38. The summed E-state index contributed by atoms with van der Waals surface area (Å²) < 4.78 is 23.2. The Kier molecular flexibility index (Phi) is 4.27. The van der Waals surface area contributed by atoms with E-state index in [2.05, 4.69) is 5.32 Å². The van der Waals surface area contributed by atoms with Gasteiger partial charge in [-0.15, -0.1) is 0 Å². The van der Waals surface area contributed by atoms with E-state index in [1.807, 2.05) is 0 Å². The molecule has 1 aliphatic carbocycles. The molecule has 0 radical (unpaired) electrons. The van der Waals surface area contributed by atoms with Gasteiger partial charge in [-0.3, -0.25) is 10.1 Å². The molecule has 0 amide bonds. The van der Waals surface area contributed by atoms with Crippen LogP contribution in [-0.4, -0.2) is 30.9 Å². The number of para-hydroxylation sites is 2. The van der Waals surface area contributed by atoms with E-state index in [0.29, 0.717) is 18.5 Å². The third-order valence-electron chi connectivity index (χ3n) is 3.69. The maximum Gasteiger partial charge on any atom is 0.292 e. The van der Waals surface area contributed by atoms with Crippen LogP contribution in [0.5, 0.6) is 0 Å². The van der Waals surface area contributed by atoms with Gasteiger partial charge in [0.25, 0.3) is 5.69 Å². The summed E-state index contributed by atoms with van der Waals surface area (Å²) in [4.78, 5) is 10.5. The van der Waals surface area contributed by atoms with Gasteiger partial charge >= 0.3 is 0 Å². The molecule has 1 saturated carbocycles.